The smallest absolute Gasteiger partial charge is 0.191 e. The molecule has 0 heterocycles. The van der Waals surface area contributed by atoms with E-state index in [1.54, 1.807) is 49.4 Å². The summed E-state index contributed by atoms with van der Waals surface area (Å²) in [5, 5.41) is 6.26. The van der Waals surface area contributed by atoms with Crippen LogP contribution in [-0.4, -0.2) is 33.2 Å². The number of sulfone groups is 1. The fraction of sp³-hybridized carbons (Fsp3) is 0.350. The Kier molecular flexibility index (Phi) is 10.4. The first kappa shape index (κ1) is 24.4. The summed E-state index contributed by atoms with van der Waals surface area (Å²) in [6, 6.07) is 13.4. The number of nitrogens with one attached hydrogen (secondary N) is 2. The van der Waals surface area contributed by atoms with E-state index >= 15 is 0 Å². The molecule has 0 atom stereocenters. The molecule has 2 aromatic rings. The second-order valence-corrected chi connectivity index (χ2v) is 8.30. The molecule has 0 bridgehead atoms. The van der Waals surface area contributed by atoms with Crippen LogP contribution in [-0.2, 0) is 16.4 Å². The fourth-order valence-electron chi connectivity index (χ4n) is 2.53. The van der Waals surface area contributed by atoms with Crippen molar-refractivity contribution in [3.63, 3.8) is 0 Å². The van der Waals surface area contributed by atoms with Gasteiger partial charge in [-0.25, -0.2) is 17.8 Å². The molecule has 5 nitrogen and oxygen atoms in total. The minimum absolute atomic E-state index is 0. The average Bonchev–Trinajstić information content (AvgIpc) is 2.66. The van der Waals surface area contributed by atoms with E-state index in [9.17, 15) is 12.8 Å². The molecular formula is C20H27FIN3O2S. The Hall–Kier alpha value is -1.68. The van der Waals surface area contributed by atoms with Crippen molar-refractivity contribution in [3.05, 3.63) is 65.5 Å². The summed E-state index contributed by atoms with van der Waals surface area (Å²) in [5.41, 5.74) is 1.50. The summed E-state index contributed by atoms with van der Waals surface area (Å²) >= 11 is 0. The van der Waals surface area contributed by atoms with Crippen LogP contribution in [0.1, 0.15) is 24.5 Å². The van der Waals surface area contributed by atoms with Gasteiger partial charge in [-0.3, -0.25) is 0 Å². The van der Waals surface area contributed by atoms with Gasteiger partial charge in [-0.15, -0.1) is 24.0 Å². The van der Waals surface area contributed by atoms with Gasteiger partial charge in [-0.05, 0) is 49.6 Å². The van der Waals surface area contributed by atoms with Crippen molar-refractivity contribution < 1.29 is 12.8 Å². The molecule has 2 N–H and O–H groups in total. The zero-order valence-electron chi connectivity index (χ0n) is 16.1. The van der Waals surface area contributed by atoms with E-state index in [1.165, 1.54) is 6.07 Å². The molecule has 0 radical (unpaired) electrons. The molecule has 0 amide bonds. The highest BCUT2D eigenvalue weighted by atomic mass is 127. The maximum atomic E-state index is 13.3. The van der Waals surface area contributed by atoms with Crippen LogP contribution >= 0.6 is 24.0 Å². The Balaban J connectivity index is 0.00000392. The van der Waals surface area contributed by atoms with Gasteiger partial charge in [0, 0.05) is 13.1 Å². The number of benzene rings is 2. The van der Waals surface area contributed by atoms with Gasteiger partial charge in [0.15, 0.2) is 15.8 Å². The number of guanidine groups is 1. The lowest BCUT2D eigenvalue weighted by molar-refractivity contribution is 0.592. The Bertz CT molecular complexity index is 874. The van der Waals surface area contributed by atoms with Gasteiger partial charge < -0.3 is 10.6 Å². The second kappa shape index (κ2) is 12.0. The van der Waals surface area contributed by atoms with Crippen LogP contribution in [0.3, 0.4) is 0 Å². The Morgan fingerprint density at radius 3 is 2.46 bits per heavy atom. The highest BCUT2D eigenvalue weighted by Gasteiger charge is 2.13. The van der Waals surface area contributed by atoms with Crippen LogP contribution in [0.2, 0.25) is 0 Å². The largest absolute Gasteiger partial charge is 0.357 e. The molecule has 154 valence electrons. The second-order valence-electron chi connectivity index (χ2n) is 6.19. The number of halogens is 2. The molecule has 0 unspecified atom stereocenters. The molecule has 0 aromatic heterocycles. The van der Waals surface area contributed by atoms with E-state index in [0.717, 1.165) is 5.56 Å². The predicted octanol–water partition coefficient (Wildman–Crippen LogP) is 3.67. The monoisotopic (exact) mass is 519 g/mol. The van der Waals surface area contributed by atoms with Crippen molar-refractivity contribution in [2.45, 2.75) is 31.7 Å². The van der Waals surface area contributed by atoms with Crippen molar-refractivity contribution >= 4 is 39.8 Å². The first-order valence-electron chi connectivity index (χ1n) is 8.97. The highest BCUT2D eigenvalue weighted by molar-refractivity contribution is 14.0. The van der Waals surface area contributed by atoms with Crippen molar-refractivity contribution in [1.82, 2.24) is 10.6 Å². The van der Waals surface area contributed by atoms with E-state index in [1.807, 2.05) is 6.92 Å². The zero-order chi connectivity index (χ0) is 19.7. The normalized spacial score (nSPS) is 11.6. The SMILES string of the molecule is CCNC(=NCc1ccc(F)c(C)c1)NCCCS(=O)(=O)c1ccccc1.I. The lowest BCUT2D eigenvalue weighted by atomic mass is 10.1. The summed E-state index contributed by atoms with van der Waals surface area (Å²) in [7, 11) is -3.27. The van der Waals surface area contributed by atoms with Crippen molar-refractivity contribution in [3.8, 4) is 0 Å². The lowest BCUT2D eigenvalue weighted by Crippen LogP contribution is -2.38. The predicted molar refractivity (Wildman–Crippen MR) is 122 cm³/mol. The number of aliphatic imine (C=N–C) groups is 1. The molecule has 2 rings (SSSR count). The first-order chi connectivity index (χ1) is 12.9. The van der Waals surface area contributed by atoms with Crippen molar-refractivity contribution in [1.29, 1.82) is 0 Å². The van der Waals surface area contributed by atoms with Gasteiger partial charge in [-0.2, -0.15) is 0 Å². The highest BCUT2D eigenvalue weighted by Crippen LogP contribution is 2.11. The van der Waals surface area contributed by atoms with Gasteiger partial charge in [0.25, 0.3) is 0 Å². The Morgan fingerprint density at radius 1 is 1.11 bits per heavy atom. The summed E-state index contributed by atoms with van der Waals surface area (Å²) in [5.74, 6) is 0.449. The fourth-order valence-corrected chi connectivity index (χ4v) is 3.86. The Labute approximate surface area is 183 Å². The summed E-state index contributed by atoms with van der Waals surface area (Å²) in [6.07, 6.45) is 0.470. The zero-order valence-corrected chi connectivity index (χ0v) is 19.3. The third kappa shape index (κ3) is 7.75. The summed E-state index contributed by atoms with van der Waals surface area (Å²) in [4.78, 5) is 4.81. The molecule has 0 saturated heterocycles. The van der Waals surface area contributed by atoms with E-state index in [0.29, 0.717) is 42.5 Å². The number of hydrogen-bond acceptors (Lipinski definition) is 3. The van der Waals surface area contributed by atoms with Crippen LogP contribution in [0.4, 0.5) is 4.39 Å². The summed E-state index contributed by atoms with van der Waals surface area (Å²) in [6.45, 7) is 5.27. The minimum atomic E-state index is -3.27. The van der Waals surface area contributed by atoms with Crippen LogP contribution < -0.4 is 10.6 Å². The summed E-state index contributed by atoms with van der Waals surface area (Å²) < 4.78 is 37.9. The molecule has 0 saturated carbocycles. The first-order valence-corrected chi connectivity index (χ1v) is 10.6. The number of hydrogen-bond donors (Lipinski definition) is 2. The molecule has 8 heteroatoms. The molecule has 0 aliphatic rings. The minimum Gasteiger partial charge on any atom is -0.357 e. The van der Waals surface area contributed by atoms with E-state index < -0.39 is 9.84 Å². The van der Waals surface area contributed by atoms with Crippen LogP contribution in [0.25, 0.3) is 0 Å². The topological polar surface area (TPSA) is 70.6 Å². The maximum Gasteiger partial charge on any atom is 0.191 e. The van der Waals surface area contributed by atoms with Crippen molar-refractivity contribution in [2.75, 3.05) is 18.8 Å². The average molecular weight is 519 g/mol. The van der Waals surface area contributed by atoms with Gasteiger partial charge in [-0.1, -0.05) is 30.3 Å². The maximum absolute atomic E-state index is 13.3. The lowest BCUT2D eigenvalue weighted by Gasteiger charge is -2.11. The number of rotatable bonds is 8. The molecule has 28 heavy (non-hydrogen) atoms. The van der Waals surface area contributed by atoms with Crippen molar-refractivity contribution in [2.24, 2.45) is 4.99 Å². The quantitative estimate of drug-likeness (QED) is 0.242. The van der Waals surface area contributed by atoms with Crippen LogP contribution in [0.15, 0.2) is 58.4 Å². The van der Waals surface area contributed by atoms with Gasteiger partial charge in [0.1, 0.15) is 5.82 Å². The molecular weight excluding hydrogens is 492 g/mol. The Morgan fingerprint density at radius 2 is 1.82 bits per heavy atom. The van der Waals surface area contributed by atoms with Gasteiger partial charge in [0.05, 0.1) is 17.2 Å². The van der Waals surface area contributed by atoms with Crippen LogP contribution in [0, 0.1) is 12.7 Å². The molecule has 0 aliphatic heterocycles. The van der Waals surface area contributed by atoms with Crippen LogP contribution in [0.5, 0.6) is 0 Å². The number of aryl methyl sites for hydroxylation is 1. The molecule has 0 aliphatic carbocycles. The standard InChI is InChI=1S/C20H26FN3O2S.HI/c1-3-22-20(24-15-17-10-11-19(21)16(2)14-17)23-12-7-13-27(25,26)18-8-5-4-6-9-18;/h4-6,8-11,14H,3,7,12-13,15H2,1-2H3,(H2,22,23,24);1H. The van der Waals surface area contributed by atoms with E-state index in [-0.39, 0.29) is 35.5 Å². The molecule has 0 fully saturated rings. The third-order valence-corrected chi connectivity index (χ3v) is 5.79. The third-order valence-electron chi connectivity index (χ3n) is 3.97. The van der Waals surface area contributed by atoms with Gasteiger partial charge in [0.2, 0.25) is 0 Å². The van der Waals surface area contributed by atoms with E-state index in [4.69, 9.17) is 0 Å². The van der Waals surface area contributed by atoms with E-state index in [2.05, 4.69) is 15.6 Å². The number of nitrogens with zero attached hydrogens (tertiary/aromatic N) is 1. The molecule has 0 spiro atoms. The molecule has 2 aromatic carbocycles. The van der Waals surface area contributed by atoms with Gasteiger partial charge >= 0.3 is 0 Å².